The molecule has 0 bridgehead atoms. The van der Waals surface area contributed by atoms with Gasteiger partial charge in [0.2, 0.25) is 0 Å². The zero-order valence-electron chi connectivity index (χ0n) is 11.0. The Morgan fingerprint density at radius 2 is 2.33 bits per heavy atom. The molecule has 1 saturated heterocycles. The minimum atomic E-state index is -0.181. The fourth-order valence-corrected chi connectivity index (χ4v) is 2.14. The zero-order chi connectivity index (χ0) is 13.1. The summed E-state index contributed by atoms with van der Waals surface area (Å²) in [7, 11) is 1.55. The molecule has 2 atom stereocenters. The molecule has 1 aromatic heterocycles. The van der Waals surface area contributed by atoms with Gasteiger partial charge in [0.1, 0.15) is 11.9 Å². The van der Waals surface area contributed by atoms with Gasteiger partial charge in [0, 0.05) is 18.3 Å². The van der Waals surface area contributed by atoms with Gasteiger partial charge < -0.3 is 19.5 Å². The summed E-state index contributed by atoms with van der Waals surface area (Å²) in [4.78, 5) is 10.6. The van der Waals surface area contributed by atoms with Crippen LogP contribution in [0.15, 0.2) is 6.07 Å². The maximum Gasteiger partial charge on any atom is 0.318 e. The van der Waals surface area contributed by atoms with Crippen LogP contribution in [0.4, 0.5) is 5.82 Å². The number of nitrogens with zero attached hydrogens (tertiary/aromatic N) is 3. The standard InChI is InChI=1S/C12H19N3O3/c1-8-6-11(14-12(13-8)17-3)15-4-5-18-10(7-16)9(15)2/h6,9-10,16H,4-5,7H2,1-3H3. The van der Waals surface area contributed by atoms with Gasteiger partial charge in [0.25, 0.3) is 0 Å². The van der Waals surface area contributed by atoms with Crippen LogP contribution >= 0.6 is 0 Å². The van der Waals surface area contributed by atoms with Crippen molar-refractivity contribution in [3.8, 4) is 6.01 Å². The summed E-state index contributed by atoms with van der Waals surface area (Å²) in [5.41, 5.74) is 0.857. The van der Waals surface area contributed by atoms with E-state index in [0.717, 1.165) is 18.1 Å². The number of aliphatic hydroxyl groups is 1. The number of hydrogen-bond donors (Lipinski definition) is 1. The van der Waals surface area contributed by atoms with E-state index in [1.807, 2.05) is 19.9 Å². The van der Waals surface area contributed by atoms with Crippen molar-refractivity contribution in [2.24, 2.45) is 0 Å². The van der Waals surface area contributed by atoms with Gasteiger partial charge in [-0.1, -0.05) is 0 Å². The molecule has 6 nitrogen and oxygen atoms in total. The summed E-state index contributed by atoms with van der Waals surface area (Å²) < 4.78 is 10.6. The van der Waals surface area contributed by atoms with E-state index >= 15 is 0 Å². The van der Waals surface area contributed by atoms with Crippen molar-refractivity contribution >= 4 is 5.82 Å². The topological polar surface area (TPSA) is 67.7 Å². The average Bonchev–Trinajstić information content (AvgIpc) is 2.38. The van der Waals surface area contributed by atoms with Crippen LogP contribution < -0.4 is 9.64 Å². The second-order valence-electron chi connectivity index (χ2n) is 4.38. The predicted molar refractivity (Wildman–Crippen MR) is 67.0 cm³/mol. The van der Waals surface area contributed by atoms with E-state index in [0.29, 0.717) is 12.6 Å². The molecule has 1 aliphatic heterocycles. The summed E-state index contributed by atoms with van der Waals surface area (Å²) in [5.74, 6) is 0.814. The molecule has 100 valence electrons. The van der Waals surface area contributed by atoms with Crippen LogP contribution in [-0.4, -0.2) is 54.1 Å². The lowest BCUT2D eigenvalue weighted by Crippen LogP contribution is -2.51. The van der Waals surface area contributed by atoms with Crippen molar-refractivity contribution in [1.29, 1.82) is 0 Å². The summed E-state index contributed by atoms with van der Waals surface area (Å²) in [5, 5.41) is 9.27. The van der Waals surface area contributed by atoms with Crippen LogP contribution in [-0.2, 0) is 4.74 Å². The van der Waals surface area contributed by atoms with Gasteiger partial charge in [-0.25, -0.2) is 4.98 Å². The third kappa shape index (κ3) is 2.54. The SMILES string of the molecule is COc1nc(C)cc(N2CCOC(CO)C2C)n1. The second-order valence-corrected chi connectivity index (χ2v) is 4.38. The highest BCUT2D eigenvalue weighted by atomic mass is 16.5. The third-order valence-corrected chi connectivity index (χ3v) is 3.17. The number of aromatic nitrogens is 2. The van der Waals surface area contributed by atoms with Crippen molar-refractivity contribution < 1.29 is 14.6 Å². The maximum absolute atomic E-state index is 9.27. The lowest BCUT2D eigenvalue weighted by atomic mass is 10.1. The van der Waals surface area contributed by atoms with Gasteiger partial charge in [0.05, 0.1) is 26.4 Å². The molecule has 0 saturated carbocycles. The maximum atomic E-state index is 9.27. The first-order valence-corrected chi connectivity index (χ1v) is 6.04. The number of aryl methyl sites for hydroxylation is 1. The quantitative estimate of drug-likeness (QED) is 0.840. The Labute approximate surface area is 107 Å². The minimum absolute atomic E-state index is 0.0128. The molecule has 2 heterocycles. The first-order chi connectivity index (χ1) is 8.65. The zero-order valence-corrected chi connectivity index (χ0v) is 11.0. The van der Waals surface area contributed by atoms with E-state index in [4.69, 9.17) is 9.47 Å². The van der Waals surface area contributed by atoms with Crippen LogP contribution in [0.25, 0.3) is 0 Å². The lowest BCUT2D eigenvalue weighted by Gasteiger charge is -2.39. The Morgan fingerprint density at radius 1 is 1.56 bits per heavy atom. The summed E-state index contributed by atoms with van der Waals surface area (Å²) >= 11 is 0. The highest BCUT2D eigenvalue weighted by molar-refractivity contribution is 5.42. The fourth-order valence-electron chi connectivity index (χ4n) is 2.14. The molecule has 1 aliphatic rings. The normalized spacial score (nSPS) is 24.1. The molecule has 2 rings (SSSR count). The number of rotatable bonds is 3. The largest absolute Gasteiger partial charge is 0.467 e. The molecular formula is C12H19N3O3. The van der Waals surface area contributed by atoms with Crippen LogP contribution in [0.2, 0.25) is 0 Å². The summed E-state index contributed by atoms with van der Waals surface area (Å²) in [6, 6.07) is 2.35. The molecule has 6 heteroatoms. The van der Waals surface area contributed by atoms with E-state index in [-0.39, 0.29) is 18.8 Å². The highest BCUT2D eigenvalue weighted by Gasteiger charge is 2.29. The van der Waals surface area contributed by atoms with E-state index in [1.165, 1.54) is 0 Å². The molecule has 0 aliphatic carbocycles. The second kappa shape index (κ2) is 5.49. The summed E-state index contributed by atoms with van der Waals surface area (Å²) in [6.07, 6.45) is -0.181. The van der Waals surface area contributed by atoms with E-state index < -0.39 is 0 Å². The van der Waals surface area contributed by atoms with Gasteiger partial charge in [-0.15, -0.1) is 0 Å². The van der Waals surface area contributed by atoms with Gasteiger partial charge in [0.15, 0.2) is 0 Å². The molecule has 0 amide bonds. The van der Waals surface area contributed by atoms with Gasteiger partial charge >= 0.3 is 6.01 Å². The first-order valence-electron chi connectivity index (χ1n) is 6.04. The fraction of sp³-hybridized carbons (Fsp3) is 0.667. The van der Waals surface area contributed by atoms with E-state index in [9.17, 15) is 5.11 Å². The lowest BCUT2D eigenvalue weighted by molar-refractivity contribution is -0.0184. The van der Waals surface area contributed by atoms with Crippen molar-refractivity contribution in [3.05, 3.63) is 11.8 Å². The van der Waals surface area contributed by atoms with Crippen LogP contribution in [0.1, 0.15) is 12.6 Å². The number of ether oxygens (including phenoxy) is 2. The van der Waals surface area contributed by atoms with Crippen molar-refractivity contribution in [1.82, 2.24) is 9.97 Å². The molecule has 0 spiro atoms. The monoisotopic (exact) mass is 253 g/mol. The average molecular weight is 253 g/mol. The van der Waals surface area contributed by atoms with Crippen molar-refractivity contribution in [2.75, 3.05) is 31.8 Å². The Bertz CT molecular complexity index is 414. The number of anilines is 1. The Morgan fingerprint density at radius 3 is 3.00 bits per heavy atom. The molecule has 1 N–H and O–H groups in total. The number of aliphatic hydroxyl groups excluding tert-OH is 1. The number of hydrogen-bond acceptors (Lipinski definition) is 6. The molecule has 1 fully saturated rings. The van der Waals surface area contributed by atoms with Crippen molar-refractivity contribution in [3.63, 3.8) is 0 Å². The van der Waals surface area contributed by atoms with E-state index in [1.54, 1.807) is 7.11 Å². The Hall–Kier alpha value is -1.40. The van der Waals surface area contributed by atoms with Crippen LogP contribution in [0.3, 0.4) is 0 Å². The van der Waals surface area contributed by atoms with Gasteiger partial charge in [-0.2, -0.15) is 4.98 Å². The smallest absolute Gasteiger partial charge is 0.318 e. The summed E-state index contributed by atoms with van der Waals surface area (Å²) in [6.45, 7) is 5.27. The Kier molecular flexibility index (Phi) is 3.98. The molecule has 0 radical (unpaired) electrons. The molecule has 18 heavy (non-hydrogen) atoms. The van der Waals surface area contributed by atoms with Crippen LogP contribution in [0, 0.1) is 6.92 Å². The van der Waals surface area contributed by atoms with Gasteiger partial charge in [-0.3, -0.25) is 0 Å². The van der Waals surface area contributed by atoms with Crippen LogP contribution in [0.5, 0.6) is 6.01 Å². The predicted octanol–water partition coefficient (Wildman–Crippen LogP) is 0.380. The van der Waals surface area contributed by atoms with Crippen molar-refractivity contribution in [2.45, 2.75) is 26.0 Å². The number of methoxy groups -OCH3 is 1. The minimum Gasteiger partial charge on any atom is -0.467 e. The van der Waals surface area contributed by atoms with E-state index in [2.05, 4.69) is 14.9 Å². The molecule has 1 aromatic rings. The highest BCUT2D eigenvalue weighted by Crippen LogP contribution is 2.23. The van der Waals surface area contributed by atoms with Gasteiger partial charge in [-0.05, 0) is 13.8 Å². The molecule has 0 aromatic carbocycles. The molecule has 2 unspecified atom stereocenters. The first kappa shape index (κ1) is 13.0. The molecular weight excluding hydrogens is 234 g/mol. The number of morpholine rings is 1. The Balaban J connectivity index is 2.26. The third-order valence-electron chi connectivity index (χ3n) is 3.17.